The third-order valence-electron chi connectivity index (χ3n) is 3.05. The number of nitrogens with one attached hydrogen (secondary N) is 1. The van der Waals surface area contributed by atoms with Crippen molar-refractivity contribution in [2.45, 2.75) is 19.0 Å². The van der Waals surface area contributed by atoms with Gasteiger partial charge in [-0.3, -0.25) is 0 Å². The first-order valence-corrected chi connectivity index (χ1v) is 6.78. The van der Waals surface area contributed by atoms with E-state index in [0.717, 1.165) is 23.6 Å². The summed E-state index contributed by atoms with van der Waals surface area (Å²) in [6, 6.07) is 18.0. The van der Waals surface area contributed by atoms with Gasteiger partial charge in [0.05, 0.1) is 6.61 Å². The molecule has 0 aliphatic carbocycles. The summed E-state index contributed by atoms with van der Waals surface area (Å²) in [6.45, 7) is 0.859. The van der Waals surface area contributed by atoms with E-state index >= 15 is 0 Å². The lowest BCUT2D eigenvalue weighted by atomic mass is 10.1. The Kier molecular flexibility index (Phi) is 5.40. The molecule has 1 unspecified atom stereocenters. The van der Waals surface area contributed by atoms with Crippen LogP contribution in [0.4, 0.5) is 0 Å². The highest BCUT2D eigenvalue weighted by Crippen LogP contribution is 2.10. The Labute approximate surface area is 119 Å². The fourth-order valence-corrected chi connectivity index (χ4v) is 2.09. The summed E-state index contributed by atoms with van der Waals surface area (Å²) in [5.74, 6) is 0. The van der Waals surface area contributed by atoms with Crippen molar-refractivity contribution in [1.82, 2.24) is 5.32 Å². The SMILES string of the molecule is OCC(Cc1ccccc1)NCc1ccc(Cl)cc1. The molecule has 0 aromatic heterocycles. The maximum absolute atomic E-state index is 9.43. The van der Waals surface area contributed by atoms with Crippen molar-refractivity contribution in [3.05, 3.63) is 70.7 Å². The first-order valence-electron chi connectivity index (χ1n) is 6.40. The Bertz CT molecular complexity index is 484. The first-order chi connectivity index (χ1) is 9.28. The Morgan fingerprint density at radius 2 is 1.63 bits per heavy atom. The van der Waals surface area contributed by atoms with Gasteiger partial charge in [0.1, 0.15) is 0 Å². The van der Waals surface area contributed by atoms with Crippen molar-refractivity contribution in [3.63, 3.8) is 0 Å². The smallest absolute Gasteiger partial charge is 0.0587 e. The average molecular weight is 276 g/mol. The highest BCUT2D eigenvalue weighted by Gasteiger charge is 2.07. The van der Waals surface area contributed by atoms with Crippen LogP contribution in [-0.4, -0.2) is 17.8 Å². The summed E-state index contributed by atoms with van der Waals surface area (Å²) in [7, 11) is 0. The fourth-order valence-electron chi connectivity index (χ4n) is 1.96. The van der Waals surface area contributed by atoms with Gasteiger partial charge >= 0.3 is 0 Å². The van der Waals surface area contributed by atoms with Gasteiger partial charge in [-0.15, -0.1) is 0 Å². The molecule has 2 rings (SSSR count). The minimum absolute atomic E-state index is 0.0677. The van der Waals surface area contributed by atoms with Gasteiger partial charge in [0.25, 0.3) is 0 Å². The van der Waals surface area contributed by atoms with E-state index in [4.69, 9.17) is 11.6 Å². The second-order valence-electron chi connectivity index (χ2n) is 4.58. The standard InChI is InChI=1S/C16H18ClNO/c17-15-8-6-14(7-9-15)11-18-16(12-19)10-13-4-2-1-3-5-13/h1-9,16,18-19H,10-12H2. The lowest BCUT2D eigenvalue weighted by Gasteiger charge is -2.16. The number of aliphatic hydroxyl groups is 1. The van der Waals surface area contributed by atoms with Crippen LogP contribution < -0.4 is 5.32 Å². The second-order valence-corrected chi connectivity index (χ2v) is 5.01. The van der Waals surface area contributed by atoms with Crippen LogP contribution in [-0.2, 0) is 13.0 Å². The van der Waals surface area contributed by atoms with Crippen LogP contribution in [0.3, 0.4) is 0 Å². The van der Waals surface area contributed by atoms with Crippen molar-refractivity contribution in [3.8, 4) is 0 Å². The molecule has 1 atom stereocenters. The highest BCUT2D eigenvalue weighted by atomic mass is 35.5. The predicted molar refractivity (Wildman–Crippen MR) is 79.3 cm³/mol. The molecule has 19 heavy (non-hydrogen) atoms. The van der Waals surface area contributed by atoms with Crippen molar-refractivity contribution in [2.24, 2.45) is 0 Å². The molecule has 2 aromatic carbocycles. The van der Waals surface area contributed by atoms with Gasteiger partial charge in [-0.1, -0.05) is 54.1 Å². The largest absolute Gasteiger partial charge is 0.395 e. The summed E-state index contributed by atoms with van der Waals surface area (Å²) < 4.78 is 0. The Morgan fingerprint density at radius 3 is 2.26 bits per heavy atom. The molecule has 2 N–H and O–H groups in total. The monoisotopic (exact) mass is 275 g/mol. The van der Waals surface area contributed by atoms with E-state index < -0.39 is 0 Å². The van der Waals surface area contributed by atoms with Gasteiger partial charge < -0.3 is 10.4 Å². The minimum atomic E-state index is 0.0677. The van der Waals surface area contributed by atoms with Crippen molar-refractivity contribution in [1.29, 1.82) is 0 Å². The summed E-state index contributed by atoms with van der Waals surface area (Å²) in [5.41, 5.74) is 2.39. The summed E-state index contributed by atoms with van der Waals surface area (Å²) in [4.78, 5) is 0. The molecular formula is C16H18ClNO. The lowest BCUT2D eigenvalue weighted by Crippen LogP contribution is -2.33. The van der Waals surface area contributed by atoms with Crippen LogP contribution in [0.25, 0.3) is 0 Å². The van der Waals surface area contributed by atoms with E-state index in [0.29, 0.717) is 0 Å². The van der Waals surface area contributed by atoms with Gasteiger partial charge in [0.2, 0.25) is 0 Å². The van der Waals surface area contributed by atoms with E-state index in [1.807, 2.05) is 42.5 Å². The molecule has 0 fully saturated rings. The van der Waals surface area contributed by atoms with E-state index in [1.165, 1.54) is 5.56 Å². The molecular weight excluding hydrogens is 258 g/mol. The molecule has 0 saturated carbocycles. The molecule has 0 heterocycles. The Balaban J connectivity index is 1.87. The molecule has 0 spiro atoms. The predicted octanol–water partition coefficient (Wildman–Crippen LogP) is 3.03. The van der Waals surface area contributed by atoms with Crippen molar-refractivity contribution in [2.75, 3.05) is 6.61 Å². The fraction of sp³-hybridized carbons (Fsp3) is 0.250. The van der Waals surface area contributed by atoms with Crippen LogP contribution in [0.1, 0.15) is 11.1 Å². The minimum Gasteiger partial charge on any atom is -0.395 e. The molecule has 0 radical (unpaired) electrons. The van der Waals surface area contributed by atoms with E-state index in [-0.39, 0.29) is 12.6 Å². The number of benzene rings is 2. The third kappa shape index (κ3) is 4.67. The van der Waals surface area contributed by atoms with Gasteiger partial charge in [-0.2, -0.15) is 0 Å². The Morgan fingerprint density at radius 1 is 0.947 bits per heavy atom. The molecule has 0 bridgehead atoms. The topological polar surface area (TPSA) is 32.3 Å². The first kappa shape index (κ1) is 14.1. The zero-order valence-electron chi connectivity index (χ0n) is 10.7. The highest BCUT2D eigenvalue weighted by molar-refractivity contribution is 6.30. The lowest BCUT2D eigenvalue weighted by molar-refractivity contribution is 0.241. The summed E-state index contributed by atoms with van der Waals surface area (Å²) in [6.07, 6.45) is 0.824. The number of hydrogen-bond acceptors (Lipinski definition) is 2. The zero-order valence-corrected chi connectivity index (χ0v) is 11.5. The van der Waals surface area contributed by atoms with Gasteiger partial charge in [0.15, 0.2) is 0 Å². The molecule has 0 amide bonds. The molecule has 3 heteroatoms. The molecule has 0 aliphatic rings. The number of aliphatic hydroxyl groups excluding tert-OH is 1. The van der Waals surface area contributed by atoms with E-state index in [9.17, 15) is 5.11 Å². The average Bonchev–Trinajstić information content (AvgIpc) is 2.46. The number of rotatable bonds is 6. The van der Waals surface area contributed by atoms with Crippen LogP contribution in [0, 0.1) is 0 Å². The van der Waals surface area contributed by atoms with Crippen LogP contribution in [0.2, 0.25) is 5.02 Å². The van der Waals surface area contributed by atoms with Gasteiger partial charge in [-0.05, 0) is 29.7 Å². The van der Waals surface area contributed by atoms with Crippen molar-refractivity contribution < 1.29 is 5.11 Å². The maximum Gasteiger partial charge on any atom is 0.0587 e. The number of halogens is 1. The van der Waals surface area contributed by atoms with Crippen LogP contribution in [0.15, 0.2) is 54.6 Å². The molecule has 2 nitrogen and oxygen atoms in total. The van der Waals surface area contributed by atoms with Gasteiger partial charge in [0, 0.05) is 17.6 Å². The zero-order chi connectivity index (χ0) is 13.5. The maximum atomic E-state index is 9.43. The van der Waals surface area contributed by atoms with Gasteiger partial charge in [-0.25, -0.2) is 0 Å². The second kappa shape index (κ2) is 7.29. The van der Waals surface area contributed by atoms with Crippen LogP contribution in [0.5, 0.6) is 0 Å². The van der Waals surface area contributed by atoms with Crippen molar-refractivity contribution >= 4 is 11.6 Å². The summed E-state index contributed by atoms with van der Waals surface area (Å²) >= 11 is 5.85. The summed E-state index contributed by atoms with van der Waals surface area (Å²) in [5, 5.41) is 13.5. The normalized spacial score (nSPS) is 12.3. The van der Waals surface area contributed by atoms with Crippen LogP contribution >= 0.6 is 11.6 Å². The molecule has 0 saturated heterocycles. The molecule has 100 valence electrons. The Hall–Kier alpha value is -1.35. The third-order valence-corrected chi connectivity index (χ3v) is 3.31. The molecule has 0 aliphatic heterocycles. The van der Waals surface area contributed by atoms with E-state index in [2.05, 4.69) is 17.4 Å². The van der Waals surface area contributed by atoms with E-state index in [1.54, 1.807) is 0 Å². The molecule has 2 aromatic rings. The number of hydrogen-bond donors (Lipinski definition) is 2. The quantitative estimate of drug-likeness (QED) is 0.849.